The highest BCUT2D eigenvalue weighted by Crippen LogP contribution is 2.34. The molecule has 3 heteroatoms. The normalized spacial score (nSPS) is 26.2. The molecule has 2 atom stereocenters. The lowest BCUT2D eigenvalue weighted by molar-refractivity contribution is 0.298. The van der Waals surface area contributed by atoms with Crippen molar-refractivity contribution in [3.05, 3.63) is 35.2 Å². The summed E-state index contributed by atoms with van der Waals surface area (Å²) in [5, 5.41) is 12.7. The van der Waals surface area contributed by atoms with Crippen LogP contribution in [0.4, 0.5) is 0 Å². The van der Waals surface area contributed by atoms with Gasteiger partial charge in [-0.25, -0.2) is 0 Å². The number of nitrogens with one attached hydrogen (secondary N) is 1. The topological polar surface area (TPSA) is 48.7 Å². The molecule has 19 heavy (non-hydrogen) atoms. The first-order chi connectivity index (χ1) is 9.28. The zero-order valence-corrected chi connectivity index (χ0v) is 11.3. The molecular formula is C16H19N3. The smallest absolute Gasteiger partial charge is 0.101 e. The van der Waals surface area contributed by atoms with Gasteiger partial charge in [0.2, 0.25) is 0 Å². The highest BCUT2D eigenvalue weighted by atomic mass is 14.9. The van der Waals surface area contributed by atoms with Gasteiger partial charge in [-0.2, -0.15) is 5.26 Å². The van der Waals surface area contributed by atoms with Crippen LogP contribution < -0.4 is 5.32 Å². The first kappa shape index (κ1) is 12.4. The molecule has 2 unspecified atom stereocenters. The van der Waals surface area contributed by atoms with Crippen LogP contribution in [0, 0.1) is 24.2 Å². The number of hydrogen-bond acceptors (Lipinski definition) is 3. The van der Waals surface area contributed by atoms with Gasteiger partial charge in [0.05, 0.1) is 11.3 Å². The fourth-order valence-electron chi connectivity index (χ4n) is 3.20. The summed E-state index contributed by atoms with van der Waals surface area (Å²) in [6.07, 6.45) is 9.27. The lowest BCUT2D eigenvalue weighted by Gasteiger charge is -2.35. The van der Waals surface area contributed by atoms with Crippen LogP contribution in [0.5, 0.6) is 0 Å². The molecular weight excluding hydrogens is 234 g/mol. The molecule has 1 aliphatic carbocycles. The Bertz CT molecular complexity index is 554. The molecule has 0 radical (unpaired) electrons. The van der Waals surface area contributed by atoms with Gasteiger partial charge in [-0.15, -0.1) is 0 Å². The van der Waals surface area contributed by atoms with Crippen LogP contribution in [0.3, 0.4) is 0 Å². The monoisotopic (exact) mass is 253 g/mol. The Morgan fingerprint density at radius 1 is 1.42 bits per heavy atom. The van der Waals surface area contributed by atoms with E-state index in [1.54, 1.807) is 0 Å². The second-order valence-corrected chi connectivity index (χ2v) is 5.58. The molecule has 0 bridgehead atoms. The number of nitrogens with zero attached hydrogens (tertiary/aromatic N) is 2. The highest BCUT2D eigenvalue weighted by Gasteiger charge is 2.27. The van der Waals surface area contributed by atoms with E-state index in [0.29, 0.717) is 11.6 Å². The van der Waals surface area contributed by atoms with Crippen molar-refractivity contribution in [2.45, 2.75) is 38.6 Å². The van der Waals surface area contributed by atoms with Crippen LogP contribution in [0.2, 0.25) is 0 Å². The fourth-order valence-corrected chi connectivity index (χ4v) is 3.20. The SMILES string of the molecule is Cc1ncc(C2=CC3NCCCC3CC2)cc1C#N. The van der Waals surface area contributed by atoms with Crippen molar-refractivity contribution in [2.24, 2.45) is 5.92 Å². The van der Waals surface area contributed by atoms with E-state index in [4.69, 9.17) is 5.26 Å². The van der Waals surface area contributed by atoms with Gasteiger partial charge in [0.1, 0.15) is 6.07 Å². The summed E-state index contributed by atoms with van der Waals surface area (Å²) >= 11 is 0. The Kier molecular flexibility index (Phi) is 3.35. The van der Waals surface area contributed by atoms with Crippen molar-refractivity contribution < 1.29 is 0 Å². The zero-order valence-electron chi connectivity index (χ0n) is 11.3. The van der Waals surface area contributed by atoms with Crippen molar-refractivity contribution in [1.82, 2.24) is 10.3 Å². The lowest BCUT2D eigenvalue weighted by Crippen LogP contribution is -2.41. The molecule has 2 heterocycles. The molecule has 0 amide bonds. The predicted molar refractivity (Wildman–Crippen MR) is 75.4 cm³/mol. The van der Waals surface area contributed by atoms with Crippen molar-refractivity contribution in [2.75, 3.05) is 6.54 Å². The standard InChI is InChI=1S/C16H19N3/c1-11-14(9-17)7-15(10-19-11)13-5-4-12-3-2-6-18-16(12)8-13/h7-8,10,12,16,18H,2-6H2,1H3. The second kappa shape index (κ2) is 5.14. The number of aryl methyl sites for hydroxylation is 1. The van der Waals surface area contributed by atoms with Crippen LogP contribution in [-0.4, -0.2) is 17.6 Å². The molecule has 1 N–H and O–H groups in total. The molecule has 0 aromatic carbocycles. The van der Waals surface area contributed by atoms with E-state index in [1.807, 2.05) is 19.2 Å². The maximum Gasteiger partial charge on any atom is 0.101 e. The first-order valence-corrected chi connectivity index (χ1v) is 7.09. The van der Waals surface area contributed by atoms with E-state index in [0.717, 1.165) is 30.1 Å². The summed E-state index contributed by atoms with van der Waals surface area (Å²) < 4.78 is 0. The highest BCUT2D eigenvalue weighted by molar-refractivity contribution is 5.68. The van der Waals surface area contributed by atoms with Gasteiger partial charge in [-0.1, -0.05) is 6.08 Å². The average molecular weight is 253 g/mol. The van der Waals surface area contributed by atoms with Crippen molar-refractivity contribution >= 4 is 5.57 Å². The average Bonchev–Trinajstić information content (AvgIpc) is 2.47. The van der Waals surface area contributed by atoms with Crippen molar-refractivity contribution in [3.63, 3.8) is 0 Å². The minimum Gasteiger partial charge on any atom is -0.310 e. The van der Waals surface area contributed by atoms with E-state index < -0.39 is 0 Å². The van der Waals surface area contributed by atoms with E-state index in [9.17, 15) is 0 Å². The van der Waals surface area contributed by atoms with Gasteiger partial charge in [0.25, 0.3) is 0 Å². The quantitative estimate of drug-likeness (QED) is 0.837. The number of allylic oxidation sites excluding steroid dienone is 1. The Labute approximate surface area is 114 Å². The third-order valence-electron chi connectivity index (χ3n) is 4.38. The largest absolute Gasteiger partial charge is 0.310 e. The van der Waals surface area contributed by atoms with Crippen molar-refractivity contribution in [1.29, 1.82) is 5.26 Å². The molecule has 3 rings (SSSR count). The third-order valence-corrected chi connectivity index (χ3v) is 4.38. The van der Waals surface area contributed by atoms with Gasteiger partial charge in [-0.05, 0) is 62.3 Å². The minimum atomic E-state index is 0.518. The maximum absolute atomic E-state index is 9.11. The number of rotatable bonds is 1. The molecule has 3 nitrogen and oxygen atoms in total. The van der Waals surface area contributed by atoms with Gasteiger partial charge in [0.15, 0.2) is 0 Å². The molecule has 1 aromatic rings. The molecule has 1 saturated heterocycles. The molecule has 98 valence electrons. The minimum absolute atomic E-state index is 0.518. The summed E-state index contributed by atoms with van der Waals surface area (Å²) in [7, 11) is 0. The lowest BCUT2D eigenvalue weighted by atomic mass is 9.79. The Balaban J connectivity index is 1.90. The van der Waals surface area contributed by atoms with Crippen LogP contribution in [0.15, 0.2) is 18.3 Å². The number of nitriles is 1. The number of piperidine rings is 1. The van der Waals surface area contributed by atoms with E-state index in [1.165, 1.54) is 24.8 Å². The van der Waals surface area contributed by atoms with Crippen molar-refractivity contribution in [3.8, 4) is 6.07 Å². The maximum atomic E-state index is 9.11. The van der Waals surface area contributed by atoms with Crippen LogP contribution >= 0.6 is 0 Å². The van der Waals surface area contributed by atoms with Gasteiger partial charge in [-0.3, -0.25) is 4.98 Å². The summed E-state index contributed by atoms with van der Waals surface area (Å²) in [4.78, 5) is 4.35. The Morgan fingerprint density at radius 3 is 3.16 bits per heavy atom. The molecule has 0 saturated carbocycles. The fraction of sp³-hybridized carbons (Fsp3) is 0.500. The van der Waals surface area contributed by atoms with Gasteiger partial charge in [0, 0.05) is 12.2 Å². The Hall–Kier alpha value is -1.66. The number of hydrogen-bond donors (Lipinski definition) is 1. The number of aromatic nitrogens is 1. The summed E-state index contributed by atoms with van der Waals surface area (Å²) in [6.45, 7) is 3.01. The number of pyridine rings is 1. The zero-order chi connectivity index (χ0) is 13.2. The molecule has 0 spiro atoms. The van der Waals surface area contributed by atoms with E-state index in [2.05, 4.69) is 22.4 Å². The molecule has 1 fully saturated rings. The molecule has 1 aromatic heterocycles. The third kappa shape index (κ3) is 2.41. The first-order valence-electron chi connectivity index (χ1n) is 7.09. The van der Waals surface area contributed by atoms with Crippen LogP contribution in [0.1, 0.15) is 42.5 Å². The van der Waals surface area contributed by atoms with Crippen LogP contribution in [0.25, 0.3) is 5.57 Å². The Morgan fingerprint density at radius 2 is 2.32 bits per heavy atom. The summed E-state index contributed by atoms with van der Waals surface area (Å²) in [6, 6.07) is 4.73. The molecule has 2 aliphatic rings. The predicted octanol–water partition coefficient (Wildman–Crippen LogP) is 2.81. The summed E-state index contributed by atoms with van der Waals surface area (Å²) in [5.41, 5.74) is 3.97. The van der Waals surface area contributed by atoms with Gasteiger partial charge < -0.3 is 5.32 Å². The number of fused-ring (bicyclic) bond motifs is 1. The summed E-state index contributed by atoms with van der Waals surface area (Å²) in [5.74, 6) is 0.798. The second-order valence-electron chi connectivity index (χ2n) is 5.58. The van der Waals surface area contributed by atoms with E-state index >= 15 is 0 Å². The van der Waals surface area contributed by atoms with Gasteiger partial charge >= 0.3 is 0 Å². The molecule has 1 aliphatic heterocycles. The van der Waals surface area contributed by atoms with Crippen LogP contribution in [-0.2, 0) is 0 Å². The van der Waals surface area contributed by atoms with E-state index in [-0.39, 0.29) is 0 Å².